The van der Waals surface area contributed by atoms with E-state index < -0.39 is 0 Å². The van der Waals surface area contributed by atoms with Gasteiger partial charge in [0.1, 0.15) is 0 Å². The fraction of sp³-hybridized carbons (Fsp3) is 0.917. The van der Waals surface area contributed by atoms with Gasteiger partial charge in [0.15, 0.2) is 0 Å². The zero-order chi connectivity index (χ0) is 12.0. The molecule has 1 rings (SSSR count). The minimum Gasteiger partial charge on any atom is -0.343 e. The number of rotatable bonds is 5. The molecule has 1 amide bonds. The van der Waals surface area contributed by atoms with Crippen LogP contribution in [-0.2, 0) is 4.79 Å². The van der Waals surface area contributed by atoms with Gasteiger partial charge in [-0.25, -0.2) is 0 Å². The molecule has 1 aliphatic rings. The van der Waals surface area contributed by atoms with Crippen LogP contribution in [0.2, 0.25) is 0 Å². The lowest BCUT2D eigenvalue weighted by Crippen LogP contribution is -2.46. The van der Waals surface area contributed by atoms with Crippen LogP contribution in [0.15, 0.2) is 0 Å². The summed E-state index contributed by atoms with van der Waals surface area (Å²) in [6.07, 6.45) is 2.71. The van der Waals surface area contributed by atoms with Crippen LogP contribution in [0.3, 0.4) is 0 Å². The first-order valence-corrected chi connectivity index (χ1v) is 6.44. The summed E-state index contributed by atoms with van der Waals surface area (Å²) in [7, 11) is 0. The Kier molecular flexibility index (Phi) is 5.77. The predicted octanol–water partition coefficient (Wildman–Crippen LogP) is 0.668. The summed E-state index contributed by atoms with van der Waals surface area (Å²) in [6.45, 7) is 8.90. The molecule has 0 aromatic carbocycles. The summed E-state index contributed by atoms with van der Waals surface area (Å²) in [5, 5.41) is 0. The molecule has 0 aromatic rings. The molecule has 1 fully saturated rings. The highest BCUT2D eigenvalue weighted by atomic mass is 16.2. The summed E-state index contributed by atoms with van der Waals surface area (Å²) >= 11 is 0. The van der Waals surface area contributed by atoms with E-state index in [9.17, 15) is 4.79 Å². The van der Waals surface area contributed by atoms with Crippen LogP contribution in [-0.4, -0.2) is 54.5 Å². The zero-order valence-corrected chi connectivity index (χ0v) is 10.6. The second-order valence-corrected chi connectivity index (χ2v) is 4.37. The number of nitrogens with zero attached hydrogens (tertiary/aromatic N) is 2. The lowest BCUT2D eigenvalue weighted by Gasteiger charge is -2.37. The topological polar surface area (TPSA) is 49.6 Å². The number of amides is 1. The van der Waals surface area contributed by atoms with E-state index in [0.29, 0.717) is 19.0 Å². The van der Waals surface area contributed by atoms with E-state index in [1.165, 1.54) is 0 Å². The fourth-order valence-electron chi connectivity index (χ4n) is 2.50. The summed E-state index contributed by atoms with van der Waals surface area (Å²) in [6, 6.07) is 0.664. The Morgan fingerprint density at radius 3 is 2.31 bits per heavy atom. The first kappa shape index (κ1) is 13.5. The molecular formula is C12H25N3O. The van der Waals surface area contributed by atoms with Gasteiger partial charge in [0.25, 0.3) is 0 Å². The van der Waals surface area contributed by atoms with Crippen LogP contribution in [0.1, 0.15) is 33.1 Å². The maximum Gasteiger partial charge on any atom is 0.223 e. The van der Waals surface area contributed by atoms with E-state index in [1.807, 2.05) is 4.90 Å². The SMILES string of the molecule is CCN(CC)C1CCN(C(=O)CCN)CC1. The van der Waals surface area contributed by atoms with Gasteiger partial charge in [0, 0.05) is 32.1 Å². The van der Waals surface area contributed by atoms with Gasteiger partial charge in [0.2, 0.25) is 5.91 Å². The Morgan fingerprint density at radius 2 is 1.88 bits per heavy atom. The molecule has 0 spiro atoms. The van der Waals surface area contributed by atoms with E-state index in [-0.39, 0.29) is 5.91 Å². The first-order valence-electron chi connectivity index (χ1n) is 6.44. The van der Waals surface area contributed by atoms with Gasteiger partial charge in [-0.2, -0.15) is 0 Å². The van der Waals surface area contributed by atoms with Crippen molar-refractivity contribution in [2.45, 2.75) is 39.2 Å². The Morgan fingerprint density at radius 1 is 1.31 bits per heavy atom. The molecule has 0 aromatic heterocycles. The van der Waals surface area contributed by atoms with Crippen molar-refractivity contribution in [3.63, 3.8) is 0 Å². The fourth-order valence-corrected chi connectivity index (χ4v) is 2.50. The number of carbonyl (C=O) groups excluding carboxylic acids is 1. The highest BCUT2D eigenvalue weighted by Gasteiger charge is 2.24. The standard InChI is InChI=1S/C12H25N3O/c1-3-14(4-2)11-6-9-15(10-7-11)12(16)5-8-13/h11H,3-10,13H2,1-2H3. The third-order valence-electron chi connectivity index (χ3n) is 3.50. The third-order valence-corrected chi connectivity index (χ3v) is 3.50. The summed E-state index contributed by atoms with van der Waals surface area (Å²) < 4.78 is 0. The van der Waals surface area contributed by atoms with Gasteiger partial charge in [-0.3, -0.25) is 4.79 Å². The van der Waals surface area contributed by atoms with Crippen LogP contribution in [0.4, 0.5) is 0 Å². The molecule has 2 N–H and O–H groups in total. The molecule has 0 aliphatic carbocycles. The van der Waals surface area contributed by atoms with Crippen molar-refractivity contribution in [3.05, 3.63) is 0 Å². The van der Waals surface area contributed by atoms with Gasteiger partial charge < -0.3 is 15.5 Å². The summed E-state index contributed by atoms with van der Waals surface area (Å²) in [4.78, 5) is 16.1. The second-order valence-electron chi connectivity index (χ2n) is 4.37. The average molecular weight is 227 g/mol. The van der Waals surface area contributed by atoms with Gasteiger partial charge >= 0.3 is 0 Å². The minimum atomic E-state index is 0.223. The van der Waals surface area contributed by atoms with Crippen molar-refractivity contribution in [1.29, 1.82) is 0 Å². The Balaban J connectivity index is 2.35. The maximum absolute atomic E-state index is 11.6. The third kappa shape index (κ3) is 3.46. The highest BCUT2D eigenvalue weighted by Crippen LogP contribution is 2.16. The monoisotopic (exact) mass is 227 g/mol. The van der Waals surface area contributed by atoms with Crippen molar-refractivity contribution in [1.82, 2.24) is 9.80 Å². The molecule has 16 heavy (non-hydrogen) atoms. The number of carbonyl (C=O) groups is 1. The molecule has 0 radical (unpaired) electrons. The average Bonchev–Trinajstić information content (AvgIpc) is 2.32. The van der Waals surface area contributed by atoms with Crippen LogP contribution in [0.25, 0.3) is 0 Å². The maximum atomic E-state index is 11.6. The van der Waals surface area contributed by atoms with Gasteiger partial charge in [-0.1, -0.05) is 13.8 Å². The van der Waals surface area contributed by atoms with Crippen molar-refractivity contribution in [2.24, 2.45) is 5.73 Å². The zero-order valence-electron chi connectivity index (χ0n) is 10.6. The van der Waals surface area contributed by atoms with Gasteiger partial charge in [-0.15, -0.1) is 0 Å². The number of piperidine rings is 1. The second kappa shape index (κ2) is 6.86. The largest absolute Gasteiger partial charge is 0.343 e. The lowest BCUT2D eigenvalue weighted by atomic mass is 10.0. The minimum absolute atomic E-state index is 0.223. The molecule has 4 nitrogen and oxygen atoms in total. The number of hydrogen-bond acceptors (Lipinski definition) is 3. The molecule has 1 aliphatic heterocycles. The lowest BCUT2D eigenvalue weighted by molar-refractivity contribution is -0.132. The van der Waals surface area contributed by atoms with E-state index in [0.717, 1.165) is 39.0 Å². The molecule has 4 heteroatoms. The molecule has 0 bridgehead atoms. The quantitative estimate of drug-likeness (QED) is 0.751. The summed E-state index contributed by atoms with van der Waals surface area (Å²) in [5.74, 6) is 0.223. The normalized spacial score (nSPS) is 18.1. The van der Waals surface area contributed by atoms with Crippen molar-refractivity contribution in [2.75, 3.05) is 32.7 Å². The van der Waals surface area contributed by atoms with Crippen molar-refractivity contribution < 1.29 is 4.79 Å². The van der Waals surface area contributed by atoms with Crippen LogP contribution >= 0.6 is 0 Å². The van der Waals surface area contributed by atoms with Crippen LogP contribution in [0, 0.1) is 0 Å². The first-order chi connectivity index (χ1) is 7.72. The predicted molar refractivity (Wildman–Crippen MR) is 66.2 cm³/mol. The molecule has 0 atom stereocenters. The van der Waals surface area contributed by atoms with Crippen LogP contribution < -0.4 is 5.73 Å². The number of likely N-dealkylation sites (tertiary alicyclic amines) is 1. The molecule has 1 saturated heterocycles. The molecule has 0 saturated carbocycles. The highest BCUT2D eigenvalue weighted by molar-refractivity contribution is 5.76. The summed E-state index contributed by atoms with van der Waals surface area (Å²) in [5.41, 5.74) is 5.40. The Hall–Kier alpha value is -0.610. The molecule has 0 unspecified atom stereocenters. The molecule has 94 valence electrons. The van der Waals surface area contributed by atoms with Gasteiger partial charge in [-0.05, 0) is 25.9 Å². The van der Waals surface area contributed by atoms with Gasteiger partial charge in [0.05, 0.1) is 0 Å². The number of hydrogen-bond donors (Lipinski definition) is 1. The van der Waals surface area contributed by atoms with E-state index in [4.69, 9.17) is 5.73 Å². The number of nitrogens with two attached hydrogens (primary N) is 1. The van der Waals surface area contributed by atoms with E-state index >= 15 is 0 Å². The van der Waals surface area contributed by atoms with Crippen LogP contribution in [0.5, 0.6) is 0 Å². The van der Waals surface area contributed by atoms with E-state index in [2.05, 4.69) is 18.7 Å². The molecular weight excluding hydrogens is 202 g/mol. The van der Waals surface area contributed by atoms with Crippen molar-refractivity contribution in [3.8, 4) is 0 Å². The smallest absolute Gasteiger partial charge is 0.223 e. The van der Waals surface area contributed by atoms with E-state index in [1.54, 1.807) is 0 Å². The van der Waals surface area contributed by atoms with Crippen molar-refractivity contribution >= 4 is 5.91 Å². The molecule has 1 heterocycles. The Bertz CT molecular complexity index is 208. The Labute approximate surface area is 98.8 Å².